The molecule has 9 nitrogen and oxygen atoms in total. The van der Waals surface area contributed by atoms with Gasteiger partial charge in [0.25, 0.3) is 5.91 Å². The van der Waals surface area contributed by atoms with E-state index in [0.717, 1.165) is 41.8 Å². The van der Waals surface area contributed by atoms with E-state index in [1.54, 1.807) is 13.2 Å². The van der Waals surface area contributed by atoms with Gasteiger partial charge in [0, 0.05) is 55.1 Å². The summed E-state index contributed by atoms with van der Waals surface area (Å²) in [6.07, 6.45) is 4.46. The highest BCUT2D eigenvalue weighted by atomic mass is 32.2. The highest BCUT2D eigenvalue weighted by Crippen LogP contribution is 2.30. The summed E-state index contributed by atoms with van der Waals surface area (Å²) in [5, 5.41) is 2.85. The molecule has 35 heavy (non-hydrogen) atoms. The van der Waals surface area contributed by atoms with Gasteiger partial charge in [-0.15, -0.1) is 0 Å². The van der Waals surface area contributed by atoms with E-state index in [-0.39, 0.29) is 11.9 Å². The number of anilines is 2. The minimum Gasteiger partial charge on any atom is -0.382 e. The molecule has 0 unspecified atom stereocenters. The second kappa shape index (κ2) is 8.94. The number of rotatable bonds is 5. The fraction of sp³-hybridized carbons (Fsp3) is 0.320. The zero-order chi connectivity index (χ0) is 24.7. The smallest absolute Gasteiger partial charge is 0.251 e. The molecule has 1 amide bonds. The molecule has 1 aromatic heterocycles. The maximum absolute atomic E-state index is 12.1. The van der Waals surface area contributed by atoms with Crippen molar-refractivity contribution in [3.63, 3.8) is 0 Å². The van der Waals surface area contributed by atoms with Gasteiger partial charge in [-0.2, -0.15) is 0 Å². The highest BCUT2D eigenvalue weighted by molar-refractivity contribution is 7.88. The van der Waals surface area contributed by atoms with E-state index >= 15 is 0 Å². The van der Waals surface area contributed by atoms with Crippen LogP contribution in [0.25, 0.3) is 22.5 Å². The normalized spacial score (nSPS) is 18.0. The van der Waals surface area contributed by atoms with Crippen LogP contribution in [0.1, 0.15) is 22.3 Å². The number of benzene rings is 2. The topological polar surface area (TPSA) is 122 Å². The molecule has 0 bridgehead atoms. The highest BCUT2D eigenvalue weighted by Gasteiger charge is 2.30. The average Bonchev–Trinajstić information content (AvgIpc) is 3.33. The second-order valence-electron chi connectivity index (χ2n) is 9.08. The van der Waals surface area contributed by atoms with Gasteiger partial charge in [0.2, 0.25) is 10.0 Å². The summed E-state index contributed by atoms with van der Waals surface area (Å²) < 4.78 is 25.2. The molecule has 10 heteroatoms. The van der Waals surface area contributed by atoms with Gasteiger partial charge in [-0.3, -0.25) is 4.79 Å². The minimum absolute atomic E-state index is 0.0297. The van der Waals surface area contributed by atoms with Gasteiger partial charge in [0.05, 0.1) is 18.1 Å². The number of carbonyl (C=O) groups excluding carboxylic acids is 1. The van der Waals surface area contributed by atoms with Gasteiger partial charge in [0.1, 0.15) is 11.5 Å². The van der Waals surface area contributed by atoms with Gasteiger partial charge in [-0.1, -0.05) is 18.2 Å². The third kappa shape index (κ3) is 4.59. The van der Waals surface area contributed by atoms with Crippen LogP contribution in [0.15, 0.2) is 48.7 Å². The van der Waals surface area contributed by atoms with Crippen LogP contribution < -0.4 is 16.0 Å². The second-order valence-corrected chi connectivity index (χ2v) is 11.1. The minimum atomic E-state index is -3.21. The first-order chi connectivity index (χ1) is 16.7. The first-order valence-corrected chi connectivity index (χ1v) is 13.4. The number of likely N-dealkylation sites (N-methyl/N-ethyl adjacent to an activating group) is 1. The van der Waals surface area contributed by atoms with E-state index < -0.39 is 10.0 Å². The Balaban J connectivity index is 1.37. The molecule has 3 aromatic rings. The molecular formula is C25H28N6O3S. The standard InChI is InChI=1S/C25H28N6O3S/c1-30(35(2,33)34)20-10-12-31(15-20)19-6-3-16(4-7-19)22-14-28-24(26)23(29-22)18-5-8-21-17(13-18)9-11-27-25(21)32/h3-8,13-14,20H,9-12,15H2,1-2H3,(H2,26,28)(H,27,32)/t20-/m0/s1. The predicted octanol–water partition coefficient (Wildman–Crippen LogP) is 2.15. The van der Waals surface area contributed by atoms with Crippen molar-refractivity contribution in [1.82, 2.24) is 19.6 Å². The van der Waals surface area contributed by atoms with E-state index in [1.165, 1.54) is 10.6 Å². The fourth-order valence-electron chi connectivity index (χ4n) is 4.71. The van der Waals surface area contributed by atoms with Crippen LogP contribution in [-0.4, -0.2) is 67.6 Å². The van der Waals surface area contributed by atoms with E-state index in [1.807, 2.05) is 42.5 Å². The molecule has 3 heterocycles. The molecule has 2 aromatic carbocycles. The van der Waals surface area contributed by atoms with Crippen molar-refractivity contribution in [2.24, 2.45) is 0 Å². The average molecular weight is 493 g/mol. The number of carbonyl (C=O) groups is 1. The molecule has 0 aliphatic carbocycles. The van der Waals surface area contributed by atoms with Gasteiger partial charge < -0.3 is 16.0 Å². The molecule has 1 fully saturated rings. The van der Waals surface area contributed by atoms with Crippen LogP contribution in [0.4, 0.5) is 11.5 Å². The number of nitrogens with two attached hydrogens (primary N) is 1. The predicted molar refractivity (Wildman–Crippen MR) is 137 cm³/mol. The summed E-state index contributed by atoms with van der Waals surface area (Å²) in [6.45, 7) is 2.07. The van der Waals surface area contributed by atoms with Crippen LogP contribution in [0.2, 0.25) is 0 Å². The van der Waals surface area contributed by atoms with Crippen molar-refractivity contribution in [2.75, 3.05) is 43.6 Å². The Morgan fingerprint density at radius 1 is 1.14 bits per heavy atom. The van der Waals surface area contributed by atoms with Crippen molar-refractivity contribution < 1.29 is 13.2 Å². The number of hydrogen-bond donors (Lipinski definition) is 2. The first-order valence-electron chi connectivity index (χ1n) is 11.5. The third-order valence-corrected chi connectivity index (χ3v) is 8.18. The van der Waals surface area contributed by atoms with E-state index in [4.69, 9.17) is 10.7 Å². The Morgan fingerprint density at radius 2 is 1.89 bits per heavy atom. The van der Waals surface area contributed by atoms with Crippen molar-refractivity contribution in [2.45, 2.75) is 18.9 Å². The number of nitrogens with zero attached hydrogens (tertiary/aromatic N) is 4. The van der Waals surface area contributed by atoms with Crippen LogP contribution in [0.3, 0.4) is 0 Å². The first kappa shape index (κ1) is 23.3. The Bertz CT molecular complexity index is 1390. The molecule has 2 aliphatic heterocycles. The van der Waals surface area contributed by atoms with Crippen LogP contribution >= 0.6 is 0 Å². The Labute approximate surface area is 205 Å². The summed E-state index contributed by atoms with van der Waals surface area (Å²) in [7, 11) is -1.57. The summed E-state index contributed by atoms with van der Waals surface area (Å²) in [6, 6.07) is 13.6. The maximum atomic E-state index is 12.1. The van der Waals surface area contributed by atoms with Gasteiger partial charge in [-0.05, 0) is 42.7 Å². The molecule has 1 atom stereocenters. The number of amides is 1. The van der Waals surface area contributed by atoms with Crippen LogP contribution in [0.5, 0.6) is 0 Å². The largest absolute Gasteiger partial charge is 0.382 e. The van der Waals surface area contributed by atoms with Gasteiger partial charge in [-0.25, -0.2) is 22.7 Å². The van der Waals surface area contributed by atoms with Crippen molar-refractivity contribution in [1.29, 1.82) is 0 Å². The molecule has 3 N–H and O–H groups in total. The van der Waals surface area contributed by atoms with Crippen molar-refractivity contribution in [3.05, 3.63) is 59.8 Å². The monoisotopic (exact) mass is 492 g/mol. The van der Waals surface area contributed by atoms with E-state index in [2.05, 4.69) is 15.2 Å². The maximum Gasteiger partial charge on any atom is 0.251 e. The van der Waals surface area contributed by atoms with Gasteiger partial charge >= 0.3 is 0 Å². The molecule has 182 valence electrons. The Hall–Kier alpha value is -3.50. The van der Waals surface area contributed by atoms with E-state index in [9.17, 15) is 13.2 Å². The Morgan fingerprint density at radius 3 is 2.63 bits per heavy atom. The lowest BCUT2D eigenvalue weighted by Crippen LogP contribution is -2.38. The van der Waals surface area contributed by atoms with E-state index in [0.29, 0.717) is 35.9 Å². The number of nitrogen functional groups attached to an aromatic ring is 1. The molecule has 0 spiro atoms. The summed E-state index contributed by atoms with van der Waals surface area (Å²) in [5.41, 5.74) is 11.9. The molecule has 2 aliphatic rings. The lowest BCUT2D eigenvalue weighted by Gasteiger charge is -2.23. The molecule has 5 rings (SSSR count). The lowest BCUT2D eigenvalue weighted by atomic mass is 9.96. The quantitative estimate of drug-likeness (QED) is 0.560. The molecule has 0 saturated carbocycles. The lowest BCUT2D eigenvalue weighted by molar-refractivity contribution is 0.0946. The molecule has 0 radical (unpaired) electrons. The number of sulfonamides is 1. The zero-order valence-corrected chi connectivity index (χ0v) is 20.5. The van der Waals surface area contributed by atoms with Gasteiger partial charge in [0.15, 0.2) is 0 Å². The Kier molecular flexibility index (Phi) is 5.94. The third-order valence-electron chi connectivity index (χ3n) is 6.83. The zero-order valence-electron chi connectivity index (χ0n) is 19.7. The van der Waals surface area contributed by atoms with Crippen molar-refractivity contribution >= 4 is 27.4 Å². The number of hydrogen-bond acceptors (Lipinski definition) is 7. The summed E-state index contributed by atoms with van der Waals surface area (Å²) in [5.74, 6) is 0.279. The number of fused-ring (bicyclic) bond motifs is 1. The van der Waals surface area contributed by atoms with Crippen LogP contribution in [0, 0.1) is 0 Å². The number of nitrogens with one attached hydrogen (secondary N) is 1. The SMILES string of the molecule is CN([C@H]1CCN(c2ccc(-c3cnc(N)c(-c4ccc5c(c4)CCNC5=O)n3)cc2)C1)S(C)(=O)=O. The summed E-state index contributed by atoms with van der Waals surface area (Å²) >= 11 is 0. The van der Waals surface area contributed by atoms with Crippen LogP contribution in [-0.2, 0) is 16.4 Å². The molecule has 1 saturated heterocycles. The van der Waals surface area contributed by atoms with Crippen molar-refractivity contribution in [3.8, 4) is 22.5 Å². The molecular weight excluding hydrogens is 464 g/mol. The summed E-state index contributed by atoms with van der Waals surface area (Å²) in [4.78, 5) is 23.4. The fourth-order valence-corrected chi connectivity index (χ4v) is 5.43. The number of aromatic nitrogens is 2.